The van der Waals surface area contributed by atoms with Crippen molar-refractivity contribution in [3.05, 3.63) is 24.3 Å². The maximum atomic E-state index is 12.1. The molecular weight excluding hydrogens is 292 g/mol. The van der Waals surface area contributed by atoms with Crippen LogP contribution in [0.1, 0.15) is 12.8 Å². The fraction of sp³-hybridized carbons (Fsp3) is 0.529. The van der Waals surface area contributed by atoms with Gasteiger partial charge in [0.25, 0.3) is 0 Å². The van der Waals surface area contributed by atoms with Crippen LogP contribution in [0.5, 0.6) is 0 Å². The van der Waals surface area contributed by atoms with E-state index in [1.807, 2.05) is 12.1 Å². The Morgan fingerprint density at radius 1 is 1.00 bits per heavy atom. The summed E-state index contributed by atoms with van der Waals surface area (Å²) in [6.07, 6.45) is 3.39. The minimum absolute atomic E-state index is 0.00141. The maximum absolute atomic E-state index is 12.1. The second-order valence-corrected chi connectivity index (χ2v) is 6.21. The molecule has 0 bridgehead atoms. The van der Waals surface area contributed by atoms with Crippen molar-refractivity contribution in [3.63, 3.8) is 0 Å². The molecule has 1 N–H and O–H groups in total. The van der Waals surface area contributed by atoms with E-state index in [1.165, 1.54) is 18.5 Å². The average Bonchev–Trinajstić information content (AvgIpc) is 3.11. The number of carbonyl (C=O) groups is 2. The number of amides is 2. The van der Waals surface area contributed by atoms with Gasteiger partial charge < -0.3 is 15.1 Å². The van der Waals surface area contributed by atoms with Crippen LogP contribution in [-0.2, 0) is 9.59 Å². The molecule has 6 nitrogen and oxygen atoms in total. The summed E-state index contributed by atoms with van der Waals surface area (Å²) in [4.78, 5) is 29.0. The van der Waals surface area contributed by atoms with Crippen LogP contribution in [0, 0.1) is 0 Å². The highest BCUT2D eigenvalue weighted by Crippen LogP contribution is 2.22. The molecule has 0 unspecified atom stereocenters. The molecule has 6 heteroatoms. The number of hydrogen-bond donors (Lipinski definition) is 1. The van der Waals surface area contributed by atoms with E-state index in [0.717, 1.165) is 38.3 Å². The summed E-state index contributed by atoms with van der Waals surface area (Å²) >= 11 is 0. The van der Waals surface area contributed by atoms with E-state index in [-0.39, 0.29) is 5.91 Å². The molecular formula is C17H24N4O2. The number of hydrogen-bond acceptors (Lipinski definition) is 4. The first-order valence-corrected chi connectivity index (χ1v) is 8.31. The summed E-state index contributed by atoms with van der Waals surface area (Å²) in [7, 11) is 0. The molecule has 23 heavy (non-hydrogen) atoms. The summed E-state index contributed by atoms with van der Waals surface area (Å²) in [6.45, 7) is 5.51. The van der Waals surface area contributed by atoms with Crippen LogP contribution in [-0.4, -0.2) is 67.9 Å². The number of carbonyl (C=O) groups excluding carboxylic acids is 2. The van der Waals surface area contributed by atoms with Crippen LogP contribution >= 0.6 is 0 Å². The Bertz CT molecular complexity index is 532. The van der Waals surface area contributed by atoms with Gasteiger partial charge in [0, 0.05) is 50.6 Å². The third-order valence-electron chi connectivity index (χ3n) is 4.55. The van der Waals surface area contributed by atoms with Crippen molar-refractivity contribution in [2.45, 2.75) is 12.8 Å². The Balaban J connectivity index is 1.47. The molecule has 2 aliphatic heterocycles. The Morgan fingerprint density at radius 3 is 2.26 bits per heavy atom. The van der Waals surface area contributed by atoms with Crippen LogP contribution in [0.25, 0.3) is 0 Å². The number of nitrogens with zero attached hydrogens (tertiary/aromatic N) is 3. The van der Waals surface area contributed by atoms with E-state index in [2.05, 4.69) is 27.2 Å². The lowest BCUT2D eigenvalue weighted by molar-refractivity contribution is -0.120. The largest absolute Gasteiger partial charge is 0.372 e. The van der Waals surface area contributed by atoms with Gasteiger partial charge in [-0.2, -0.15) is 0 Å². The van der Waals surface area contributed by atoms with E-state index < -0.39 is 0 Å². The molecule has 2 aliphatic rings. The SMILES string of the molecule is O=CN1CCN(CC(=O)Nc2ccc(N3CCCC3)cc2)CC1. The summed E-state index contributed by atoms with van der Waals surface area (Å²) in [5.74, 6) is -0.00141. The number of nitrogens with one attached hydrogen (secondary N) is 1. The van der Waals surface area contributed by atoms with Crippen LogP contribution in [0.15, 0.2) is 24.3 Å². The Morgan fingerprint density at radius 2 is 1.65 bits per heavy atom. The average molecular weight is 316 g/mol. The quantitative estimate of drug-likeness (QED) is 0.824. The van der Waals surface area contributed by atoms with Crippen molar-refractivity contribution in [1.82, 2.24) is 9.80 Å². The molecule has 0 radical (unpaired) electrons. The van der Waals surface area contributed by atoms with Crippen molar-refractivity contribution in [2.24, 2.45) is 0 Å². The minimum Gasteiger partial charge on any atom is -0.372 e. The standard InChI is InChI=1S/C17H24N4O2/c22-14-20-11-9-19(10-12-20)13-17(23)18-15-3-5-16(6-4-15)21-7-1-2-8-21/h3-6,14H,1-2,7-13H2,(H,18,23). The third-order valence-corrected chi connectivity index (χ3v) is 4.55. The van der Waals surface area contributed by atoms with Crippen LogP contribution < -0.4 is 10.2 Å². The smallest absolute Gasteiger partial charge is 0.238 e. The highest BCUT2D eigenvalue weighted by atomic mass is 16.2. The van der Waals surface area contributed by atoms with Gasteiger partial charge in [-0.1, -0.05) is 0 Å². The lowest BCUT2D eigenvalue weighted by Crippen LogP contribution is -2.48. The molecule has 0 atom stereocenters. The number of benzene rings is 1. The second-order valence-electron chi connectivity index (χ2n) is 6.21. The van der Waals surface area contributed by atoms with Crippen LogP contribution in [0.4, 0.5) is 11.4 Å². The summed E-state index contributed by atoms with van der Waals surface area (Å²) in [5, 5.41) is 2.95. The van der Waals surface area contributed by atoms with Gasteiger partial charge in [-0.25, -0.2) is 0 Å². The molecule has 3 rings (SSSR count). The first-order chi connectivity index (χ1) is 11.2. The van der Waals surface area contributed by atoms with Crippen molar-refractivity contribution in [3.8, 4) is 0 Å². The molecule has 2 saturated heterocycles. The van der Waals surface area contributed by atoms with Crippen molar-refractivity contribution >= 4 is 23.7 Å². The van der Waals surface area contributed by atoms with Crippen molar-refractivity contribution < 1.29 is 9.59 Å². The monoisotopic (exact) mass is 316 g/mol. The molecule has 1 aromatic rings. The van der Waals surface area contributed by atoms with Gasteiger partial charge in [0.1, 0.15) is 0 Å². The Kier molecular flexibility index (Phi) is 5.12. The normalized spacial score (nSPS) is 19.0. The topological polar surface area (TPSA) is 55.9 Å². The zero-order chi connectivity index (χ0) is 16.1. The molecule has 2 fully saturated rings. The zero-order valence-corrected chi connectivity index (χ0v) is 13.4. The summed E-state index contributed by atoms with van der Waals surface area (Å²) in [6, 6.07) is 8.08. The zero-order valence-electron chi connectivity index (χ0n) is 13.4. The first kappa shape index (κ1) is 15.8. The molecule has 124 valence electrons. The third kappa shape index (κ3) is 4.22. The van der Waals surface area contributed by atoms with Gasteiger partial charge >= 0.3 is 0 Å². The second kappa shape index (κ2) is 7.46. The minimum atomic E-state index is -0.00141. The molecule has 2 heterocycles. The van der Waals surface area contributed by atoms with Gasteiger partial charge in [0.2, 0.25) is 12.3 Å². The lowest BCUT2D eigenvalue weighted by Gasteiger charge is -2.31. The summed E-state index contributed by atoms with van der Waals surface area (Å²) in [5.41, 5.74) is 2.06. The molecule has 0 saturated carbocycles. The fourth-order valence-corrected chi connectivity index (χ4v) is 3.16. The van der Waals surface area contributed by atoms with E-state index in [0.29, 0.717) is 19.6 Å². The highest BCUT2D eigenvalue weighted by Gasteiger charge is 2.18. The molecule has 0 aliphatic carbocycles. The lowest BCUT2D eigenvalue weighted by atomic mass is 10.2. The number of anilines is 2. The maximum Gasteiger partial charge on any atom is 0.238 e. The highest BCUT2D eigenvalue weighted by molar-refractivity contribution is 5.92. The molecule has 2 amide bonds. The van der Waals surface area contributed by atoms with Crippen LogP contribution in [0.2, 0.25) is 0 Å². The van der Waals surface area contributed by atoms with E-state index >= 15 is 0 Å². The predicted octanol–water partition coefficient (Wildman–Crippen LogP) is 0.999. The molecule has 1 aromatic carbocycles. The fourth-order valence-electron chi connectivity index (χ4n) is 3.16. The van der Waals surface area contributed by atoms with Gasteiger partial charge in [0.05, 0.1) is 6.54 Å². The van der Waals surface area contributed by atoms with Crippen molar-refractivity contribution in [1.29, 1.82) is 0 Å². The van der Waals surface area contributed by atoms with Crippen LogP contribution in [0.3, 0.4) is 0 Å². The summed E-state index contributed by atoms with van der Waals surface area (Å²) < 4.78 is 0. The molecule has 0 aromatic heterocycles. The Labute approximate surface area is 137 Å². The van der Waals surface area contributed by atoms with Gasteiger partial charge in [0.15, 0.2) is 0 Å². The van der Waals surface area contributed by atoms with Gasteiger partial charge in [-0.05, 0) is 37.1 Å². The number of rotatable bonds is 5. The number of piperazine rings is 1. The Hall–Kier alpha value is -2.08. The predicted molar refractivity (Wildman–Crippen MR) is 90.6 cm³/mol. The molecule has 0 spiro atoms. The van der Waals surface area contributed by atoms with Gasteiger partial charge in [-0.3, -0.25) is 14.5 Å². The van der Waals surface area contributed by atoms with Gasteiger partial charge in [-0.15, -0.1) is 0 Å². The van der Waals surface area contributed by atoms with E-state index in [9.17, 15) is 9.59 Å². The van der Waals surface area contributed by atoms with E-state index in [1.54, 1.807) is 4.90 Å². The van der Waals surface area contributed by atoms with E-state index in [4.69, 9.17) is 0 Å². The van der Waals surface area contributed by atoms with Crippen molar-refractivity contribution in [2.75, 3.05) is 56.0 Å². The first-order valence-electron chi connectivity index (χ1n) is 8.31.